The lowest BCUT2D eigenvalue weighted by atomic mass is 10.0. The molecule has 26 heavy (non-hydrogen) atoms. The second kappa shape index (κ2) is 12.5. The first-order valence-electron chi connectivity index (χ1n) is 9.76. The average Bonchev–Trinajstić information content (AvgIpc) is 3.11. The Labute approximate surface area is 176 Å². The van der Waals surface area contributed by atoms with Crippen molar-refractivity contribution < 1.29 is 4.74 Å². The van der Waals surface area contributed by atoms with Gasteiger partial charge in [-0.1, -0.05) is 38.1 Å². The summed E-state index contributed by atoms with van der Waals surface area (Å²) in [5, 5.41) is 3.41. The molecule has 1 fully saturated rings. The SMILES string of the molecule is CCNC(=NCCCc1ccc(C(C)C)cc1)N(C)CC1CCOC1.I. The summed E-state index contributed by atoms with van der Waals surface area (Å²) in [6.07, 6.45) is 3.33. The van der Waals surface area contributed by atoms with Crippen LogP contribution in [0, 0.1) is 5.92 Å². The Balaban J connectivity index is 0.00000338. The second-order valence-corrected chi connectivity index (χ2v) is 7.35. The minimum absolute atomic E-state index is 0. The highest BCUT2D eigenvalue weighted by atomic mass is 127. The van der Waals surface area contributed by atoms with Crippen LogP contribution >= 0.6 is 24.0 Å². The Kier molecular flexibility index (Phi) is 11.2. The molecule has 148 valence electrons. The average molecular weight is 473 g/mol. The van der Waals surface area contributed by atoms with E-state index in [4.69, 9.17) is 9.73 Å². The van der Waals surface area contributed by atoms with E-state index in [1.54, 1.807) is 0 Å². The largest absolute Gasteiger partial charge is 0.381 e. The fourth-order valence-electron chi connectivity index (χ4n) is 3.21. The highest BCUT2D eigenvalue weighted by molar-refractivity contribution is 14.0. The van der Waals surface area contributed by atoms with E-state index in [1.807, 2.05) is 0 Å². The van der Waals surface area contributed by atoms with Crippen molar-refractivity contribution in [1.29, 1.82) is 0 Å². The normalized spacial score (nSPS) is 17.3. The summed E-state index contributed by atoms with van der Waals surface area (Å²) in [7, 11) is 2.13. The smallest absolute Gasteiger partial charge is 0.193 e. The lowest BCUT2D eigenvalue weighted by Crippen LogP contribution is -2.41. The van der Waals surface area contributed by atoms with Crippen LogP contribution in [0.15, 0.2) is 29.3 Å². The van der Waals surface area contributed by atoms with Gasteiger partial charge >= 0.3 is 0 Å². The number of aryl methyl sites for hydroxylation is 1. The number of hydrogen-bond acceptors (Lipinski definition) is 2. The van der Waals surface area contributed by atoms with E-state index in [1.165, 1.54) is 11.1 Å². The first kappa shape index (κ1) is 23.2. The second-order valence-electron chi connectivity index (χ2n) is 7.35. The van der Waals surface area contributed by atoms with Gasteiger partial charge in [-0.3, -0.25) is 4.99 Å². The van der Waals surface area contributed by atoms with Gasteiger partial charge in [0.2, 0.25) is 0 Å². The molecule has 1 N–H and O–H groups in total. The van der Waals surface area contributed by atoms with Gasteiger partial charge in [-0.25, -0.2) is 0 Å². The van der Waals surface area contributed by atoms with Crippen LogP contribution in [-0.2, 0) is 11.2 Å². The molecule has 1 unspecified atom stereocenters. The Hall–Kier alpha value is -0.820. The summed E-state index contributed by atoms with van der Waals surface area (Å²) in [6, 6.07) is 9.03. The minimum atomic E-state index is 0. The van der Waals surface area contributed by atoms with Crippen LogP contribution in [0.1, 0.15) is 50.7 Å². The number of rotatable bonds is 8. The molecule has 0 amide bonds. The van der Waals surface area contributed by atoms with Crippen LogP contribution in [0.25, 0.3) is 0 Å². The standard InChI is InChI=1S/C21H35N3O.HI/c1-5-22-21(24(4)15-19-12-14-25-16-19)23-13-6-7-18-8-10-20(11-9-18)17(2)3;/h8-11,17,19H,5-7,12-16H2,1-4H3,(H,22,23);1H. The summed E-state index contributed by atoms with van der Waals surface area (Å²) in [5.41, 5.74) is 2.81. The van der Waals surface area contributed by atoms with Crippen LogP contribution in [0.4, 0.5) is 0 Å². The molecule has 1 aliphatic heterocycles. The number of benzene rings is 1. The third-order valence-corrected chi connectivity index (χ3v) is 4.78. The minimum Gasteiger partial charge on any atom is -0.381 e. The van der Waals surface area contributed by atoms with Crippen molar-refractivity contribution in [3.05, 3.63) is 35.4 Å². The van der Waals surface area contributed by atoms with Crippen LogP contribution in [0.3, 0.4) is 0 Å². The van der Waals surface area contributed by atoms with Crippen LogP contribution < -0.4 is 5.32 Å². The molecule has 1 aromatic carbocycles. The summed E-state index contributed by atoms with van der Waals surface area (Å²) >= 11 is 0. The molecule has 5 heteroatoms. The van der Waals surface area contributed by atoms with Crippen molar-refractivity contribution in [3.8, 4) is 0 Å². The van der Waals surface area contributed by atoms with E-state index in [2.05, 4.69) is 62.3 Å². The van der Waals surface area contributed by atoms with Gasteiger partial charge < -0.3 is 15.0 Å². The van der Waals surface area contributed by atoms with Crippen LogP contribution in [0.2, 0.25) is 0 Å². The van der Waals surface area contributed by atoms with Gasteiger partial charge in [0.1, 0.15) is 0 Å². The van der Waals surface area contributed by atoms with Crippen molar-refractivity contribution in [3.63, 3.8) is 0 Å². The van der Waals surface area contributed by atoms with Crippen molar-refractivity contribution in [2.24, 2.45) is 10.9 Å². The quantitative estimate of drug-likeness (QED) is 0.265. The van der Waals surface area contributed by atoms with Crippen molar-refractivity contribution in [2.45, 2.75) is 46.0 Å². The molecule has 1 aromatic rings. The number of guanidine groups is 1. The molecular weight excluding hydrogens is 437 g/mol. The Morgan fingerprint density at radius 3 is 2.62 bits per heavy atom. The molecule has 1 atom stereocenters. The van der Waals surface area contributed by atoms with Gasteiger partial charge in [-0.05, 0) is 43.2 Å². The molecule has 0 saturated carbocycles. The first-order chi connectivity index (χ1) is 12.1. The maximum atomic E-state index is 5.48. The fraction of sp³-hybridized carbons (Fsp3) is 0.667. The zero-order valence-electron chi connectivity index (χ0n) is 16.8. The Morgan fingerprint density at radius 2 is 2.04 bits per heavy atom. The fourth-order valence-corrected chi connectivity index (χ4v) is 3.21. The first-order valence-corrected chi connectivity index (χ1v) is 9.76. The van der Waals surface area contributed by atoms with Gasteiger partial charge in [-0.2, -0.15) is 0 Å². The predicted molar refractivity (Wildman–Crippen MR) is 122 cm³/mol. The van der Waals surface area contributed by atoms with E-state index < -0.39 is 0 Å². The number of nitrogens with one attached hydrogen (secondary N) is 1. The van der Waals surface area contributed by atoms with Crippen LogP contribution in [-0.4, -0.2) is 50.8 Å². The topological polar surface area (TPSA) is 36.9 Å². The molecule has 0 aromatic heterocycles. The van der Waals surface area contributed by atoms with E-state index in [-0.39, 0.29) is 24.0 Å². The lowest BCUT2D eigenvalue weighted by molar-refractivity contribution is 0.181. The molecule has 1 heterocycles. The summed E-state index contributed by atoms with van der Waals surface area (Å²) in [5.74, 6) is 2.25. The predicted octanol–water partition coefficient (Wildman–Crippen LogP) is 4.29. The van der Waals surface area contributed by atoms with Gasteiger partial charge in [-0.15, -0.1) is 24.0 Å². The third kappa shape index (κ3) is 7.82. The maximum absolute atomic E-state index is 5.48. The summed E-state index contributed by atoms with van der Waals surface area (Å²) in [6.45, 7) is 11.2. The van der Waals surface area contributed by atoms with Gasteiger partial charge in [0.05, 0.1) is 6.61 Å². The van der Waals surface area contributed by atoms with Crippen molar-refractivity contribution >= 4 is 29.9 Å². The Morgan fingerprint density at radius 1 is 1.31 bits per heavy atom. The molecule has 1 aliphatic rings. The lowest BCUT2D eigenvalue weighted by Gasteiger charge is -2.24. The third-order valence-electron chi connectivity index (χ3n) is 4.78. The van der Waals surface area contributed by atoms with Gasteiger partial charge in [0.15, 0.2) is 5.96 Å². The molecule has 0 spiro atoms. The molecule has 0 radical (unpaired) electrons. The number of nitrogens with zero attached hydrogens (tertiary/aromatic N) is 2. The molecule has 0 bridgehead atoms. The molecule has 2 rings (SSSR count). The van der Waals surface area contributed by atoms with Crippen LogP contribution in [0.5, 0.6) is 0 Å². The summed E-state index contributed by atoms with van der Waals surface area (Å²) < 4.78 is 5.48. The Bertz CT molecular complexity index is 525. The van der Waals surface area contributed by atoms with E-state index >= 15 is 0 Å². The van der Waals surface area contributed by atoms with E-state index in [0.29, 0.717) is 11.8 Å². The highest BCUT2D eigenvalue weighted by Gasteiger charge is 2.18. The highest BCUT2D eigenvalue weighted by Crippen LogP contribution is 2.16. The summed E-state index contributed by atoms with van der Waals surface area (Å²) in [4.78, 5) is 7.06. The monoisotopic (exact) mass is 473 g/mol. The number of aliphatic imine (C=N–C) groups is 1. The van der Waals surface area contributed by atoms with E-state index in [0.717, 1.165) is 58.1 Å². The zero-order valence-corrected chi connectivity index (χ0v) is 19.2. The molecular formula is C21H36IN3O. The van der Waals surface area contributed by atoms with E-state index in [9.17, 15) is 0 Å². The van der Waals surface area contributed by atoms with Crippen molar-refractivity contribution in [1.82, 2.24) is 10.2 Å². The zero-order chi connectivity index (χ0) is 18.1. The number of hydrogen-bond donors (Lipinski definition) is 1. The van der Waals surface area contributed by atoms with Gasteiger partial charge in [0, 0.05) is 39.2 Å². The molecule has 1 saturated heterocycles. The van der Waals surface area contributed by atoms with Gasteiger partial charge in [0.25, 0.3) is 0 Å². The number of halogens is 1. The number of ether oxygens (including phenoxy) is 1. The molecule has 4 nitrogen and oxygen atoms in total. The maximum Gasteiger partial charge on any atom is 0.193 e. The van der Waals surface area contributed by atoms with Crippen molar-refractivity contribution in [2.75, 3.05) is 39.9 Å². The molecule has 0 aliphatic carbocycles.